The molecule has 16 heavy (non-hydrogen) atoms. The Morgan fingerprint density at radius 3 is 2.81 bits per heavy atom. The normalized spacial score (nSPS) is 10.4. The van der Waals surface area contributed by atoms with Crippen LogP contribution >= 0.6 is 0 Å². The van der Waals surface area contributed by atoms with E-state index in [0.717, 1.165) is 30.0 Å². The lowest BCUT2D eigenvalue weighted by molar-refractivity contribution is 0.768. The summed E-state index contributed by atoms with van der Waals surface area (Å²) in [5, 5.41) is 7.40. The molecule has 2 rings (SSSR count). The van der Waals surface area contributed by atoms with Crippen molar-refractivity contribution in [1.29, 1.82) is 0 Å². The van der Waals surface area contributed by atoms with Gasteiger partial charge in [0.2, 0.25) is 0 Å². The number of rotatable bonds is 4. The van der Waals surface area contributed by atoms with Gasteiger partial charge in [-0.3, -0.25) is 9.67 Å². The van der Waals surface area contributed by atoms with Gasteiger partial charge in [-0.1, -0.05) is 6.92 Å². The Balaban J connectivity index is 2.32. The van der Waals surface area contributed by atoms with E-state index >= 15 is 0 Å². The first-order valence-corrected chi connectivity index (χ1v) is 5.35. The molecule has 5 nitrogen and oxygen atoms in total. The van der Waals surface area contributed by atoms with Gasteiger partial charge >= 0.3 is 0 Å². The summed E-state index contributed by atoms with van der Waals surface area (Å²) in [4.78, 5) is 8.63. The van der Waals surface area contributed by atoms with Crippen LogP contribution in [-0.2, 0) is 7.05 Å². The Labute approximate surface area is 94.5 Å². The lowest BCUT2D eigenvalue weighted by Crippen LogP contribution is -2.04. The number of aryl methyl sites for hydroxylation is 1. The van der Waals surface area contributed by atoms with Gasteiger partial charge in [-0.25, -0.2) is 4.98 Å². The van der Waals surface area contributed by atoms with Crippen LogP contribution in [0.5, 0.6) is 0 Å². The molecule has 0 aromatic carbocycles. The van der Waals surface area contributed by atoms with Gasteiger partial charge in [0.25, 0.3) is 0 Å². The molecule has 0 aliphatic carbocycles. The molecular weight excluding hydrogens is 202 g/mol. The molecule has 0 amide bonds. The fraction of sp³-hybridized carbons (Fsp3) is 0.364. The lowest BCUT2D eigenvalue weighted by atomic mass is 10.2. The summed E-state index contributed by atoms with van der Waals surface area (Å²) in [5.41, 5.74) is 1.83. The van der Waals surface area contributed by atoms with Gasteiger partial charge < -0.3 is 5.32 Å². The molecule has 2 aromatic heterocycles. The molecule has 0 saturated carbocycles. The van der Waals surface area contributed by atoms with Crippen LogP contribution < -0.4 is 5.32 Å². The Morgan fingerprint density at radius 1 is 1.31 bits per heavy atom. The third kappa shape index (κ3) is 2.18. The van der Waals surface area contributed by atoms with E-state index in [9.17, 15) is 0 Å². The molecule has 2 aromatic rings. The number of anilines is 1. The lowest BCUT2D eigenvalue weighted by Gasteiger charge is -2.06. The second kappa shape index (κ2) is 4.74. The van der Waals surface area contributed by atoms with Crippen molar-refractivity contribution in [1.82, 2.24) is 19.7 Å². The first kappa shape index (κ1) is 10.6. The summed E-state index contributed by atoms with van der Waals surface area (Å²) in [6.45, 7) is 3.01. The van der Waals surface area contributed by atoms with Gasteiger partial charge in [0.1, 0.15) is 5.69 Å². The van der Waals surface area contributed by atoms with E-state index in [4.69, 9.17) is 0 Å². The van der Waals surface area contributed by atoms with E-state index < -0.39 is 0 Å². The van der Waals surface area contributed by atoms with Gasteiger partial charge in [-0.05, 0) is 6.42 Å². The van der Waals surface area contributed by atoms with Crippen LogP contribution in [0.3, 0.4) is 0 Å². The molecule has 0 aliphatic heterocycles. The molecule has 5 heteroatoms. The molecule has 0 spiro atoms. The third-order valence-corrected chi connectivity index (χ3v) is 2.22. The van der Waals surface area contributed by atoms with Gasteiger partial charge in [0.15, 0.2) is 5.82 Å². The van der Waals surface area contributed by atoms with Crippen molar-refractivity contribution in [3.8, 4) is 11.3 Å². The molecule has 0 bridgehead atoms. The number of hydrogen-bond acceptors (Lipinski definition) is 4. The van der Waals surface area contributed by atoms with Crippen LogP contribution in [0.15, 0.2) is 24.8 Å². The van der Waals surface area contributed by atoms with Crippen LogP contribution in [-0.4, -0.2) is 26.3 Å². The molecule has 0 radical (unpaired) electrons. The maximum absolute atomic E-state index is 4.34. The third-order valence-electron chi connectivity index (χ3n) is 2.22. The highest BCUT2D eigenvalue weighted by Crippen LogP contribution is 2.22. The van der Waals surface area contributed by atoms with E-state index in [-0.39, 0.29) is 0 Å². The van der Waals surface area contributed by atoms with E-state index in [0.29, 0.717) is 0 Å². The largest absolute Gasteiger partial charge is 0.368 e. The average Bonchev–Trinajstić information content (AvgIpc) is 2.73. The monoisotopic (exact) mass is 217 g/mol. The molecule has 2 heterocycles. The summed E-state index contributed by atoms with van der Waals surface area (Å²) in [6, 6.07) is 0. The van der Waals surface area contributed by atoms with Crippen molar-refractivity contribution in [2.75, 3.05) is 11.9 Å². The van der Waals surface area contributed by atoms with E-state index in [2.05, 4.69) is 27.3 Å². The summed E-state index contributed by atoms with van der Waals surface area (Å²) >= 11 is 0. The van der Waals surface area contributed by atoms with Crippen LogP contribution in [0.2, 0.25) is 0 Å². The summed E-state index contributed by atoms with van der Waals surface area (Å²) in [6.07, 6.45) is 8.17. The minimum atomic E-state index is 0.817. The molecule has 0 atom stereocenters. The van der Waals surface area contributed by atoms with Crippen molar-refractivity contribution < 1.29 is 0 Å². The molecule has 0 saturated heterocycles. The zero-order chi connectivity index (χ0) is 11.4. The Kier molecular flexibility index (Phi) is 3.14. The van der Waals surface area contributed by atoms with Gasteiger partial charge in [-0.2, -0.15) is 5.10 Å². The SMILES string of the molecule is CCCNc1nccnc1-c1cnn(C)c1. The predicted octanol–water partition coefficient (Wildman–Crippen LogP) is 1.70. The minimum absolute atomic E-state index is 0.817. The maximum atomic E-state index is 4.34. The summed E-state index contributed by atoms with van der Waals surface area (Å²) in [5.74, 6) is 0.817. The van der Waals surface area contributed by atoms with Crippen LogP contribution in [0.25, 0.3) is 11.3 Å². The molecule has 1 N–H and O–H groups in total. The van der Waals surface area contributed by atoms with Gasteiger partial charge in [0, 0.05) is 37.7 Å². The highest BCUT2D eigenvalue weighted by Gasteiger charge is 2.08. The highest BCUT2D eigenvalue weighted by molar-refractivity contribution is 5.69. The van der Waals surface area contributed by atoms with E-state index in [1.165, 1.54) is 0 Å². The van der Waals surface area contributed by atoms with Crippen LogP contribution in [0.4, 0.5) is 5.82 Å². The number of aromatic nitrogens is 4. The van der Waals surface area contributed by atoms with Crippen molar-refractivity contribution in [2.24, 2.45) is 7.05 Å². The first-order chi connectivity index (χ1) is 7.81. The zero-order valence-corrected chi connectivity index (χ0v) is 9.51. The van der Waals surface area contributed by atoms with Crippen molar-refractivity contribution in [2.45, 2.75) is 13.3 Å². The number of hydrogen-bond donors (Lipinski definition) is 1. The van der Waals surface area contributed by atoms with Crippen molar-refractivity contribution in [3.63, 3.8) is 0 Å². The predicted molar refractivity (Wildman–Crippen MR) is 63.0 cm³/mol. The highest BCUT2D eigenvalue weighted by atomic mass is 15.2. The fourth-order valence-corrected chi connectivity index (χ4v) is 1.47. The summed E-state index contributed by atoms with van der Waals surface area (Å²) < 4.78 is 1.76. The fourth-order valence-electron chi connectivity index (χ4n) is 1.47. The van der Waals surface area contributed by atoms with Gasteiger partial charge in [-0.15, -0.1) is 0 Å². The first-order valence-electron chi connectivity index (χ1n) is 5.35. The Bertz CT molecular complexity index is 463. The standard InChI is InChI=1S/C11H15N5/c1-3-4-13-11-10(12-5-6-14-11)9-7-15-16(2)8-9/h5-8H,3-4H2,1-2H3,(H,13,14). The van der Waals surface area contributed by atoms with E-state index in [1.807, 2.05) is 13.2 Å². The summed E-state index contributed by atoms with van der Waals surface area (Å²) in [7, 11) is 1.89. The Hall–Kier alpha value is -1.91. The van der Waals surface area contributed by atoms with Crippen molar-refractivity contribution in [3.05, 3.63) is 24.8 Å². The zero-order valence-electron chi connectivity index (χ0n) is 9.51. The number of nitrogens with one attached hydrogen (secondary N) is 1. The average molecular weight is 217 g/mol. The van der Waals surface area contributed by atoms with Crippen molar-refractivity contribution >= 4 is 5.82 Å². The second-order valence-corrected chi connectivity index (χ2v) is 3.58. The number of nitrogens with zero attached hydrogens (tertiary/aromatic N) is 4. The molecule has 84 valence electrons. The maximum Gasteiger partial charge on any atom is 0.152 e. The van der Waals surface area contributed by atoms with Gasteiger partial charge in [0.05, 0.1) is 6.20 Å². The topological polar surface area (TPSA) is 55.6 Å². The molecule has 0 unspecified atom stereocenters. The molecular formula is C11H15N5. The molecule has 0 aliphatic rings. The second-order valence-electron chi connectivity index (χ2n) is 3.58. The quantitative estimate of drug-likeness (QED) is 0.846. The van der Waals surface area contributed by atoms with Crippen LogP contribution in [0.1, 0.15) is 13.3 Å². The Morgan fingerprint density at radius 2 is 2.12 bits per heavy atom. The minimum Gasteiger partial charge on any atom is -0.368 e. The smallest absolute Gasteiger partial charge is 0.152 e. The van der Waals surface area contributed by atoms with Crippen LogP contribution in [0, 0.1) is 0 Å². The molecule has 0 fully saturated rings. The van der Waals surface area contributed by atoms with E-state index in [1.54, 1.807) is 23.3 Å².